The number of halogens is 4. The molecule has 0 unspecified atom stereocenters. The van der Waals surface area contributed by atoms with Crippen LogP contribution in [0, 0.1) is 0 Å². The van der Waals surface area contributed by atoms with Gasteiger partial charge in [-0.3, -0.25) is 9.36 Å². The average molecular weight is 471 g/mol. The molecule has 2 aromatic carbocycles. The molecule has 0 saturated carbocycles. The van der Waals surface area contributed by atoms with Gasteiger partial charge in [0.1, 0.15) is 0 Å². The van der Waals surface area contributed by atoms with Crippen LogP contribution in [0.15, 0.2) is 58.2 Å². The number of thioether (sulfide) groups is 1. The molecule has 0 radical (unpaired) electrons. The lowest BCUT2D eigenvalue weighted by molar-refractivity contribution is -0.137. The third kappa shape index (κ3) is 4.39. The van der Waals surface area contributed by atoms with Gasteiger partial charge in [0.15, 0.2) is 11.0 Å². The van der Waals surface area contributed by atoms with Crippen molar-refractivity contribution in [3.8, 4) is 17.1 Å². The highest BCUT2D eigenvalue weighted by Crippen LogP contribution is 2.35. The summed E-state index contributed by atoms with van der Waals surface area (Å²) in [6.45, 7) is 0. The van der Waals surface area contributed by atoms with Crippen LogP contribution < -0.4 is 5.32 Å². The number of nitrogens with one attached hydrogen (secondary N) is 1. The van der Waals surface area contributed by atoms with Gasteiger partial charge in [-0.25, -0.2) is 0 Å². The predicted octanol–water partition coefficient (Wildman–Crippen LogP) is 4.55. The maximum Gasteiger partial charge on any atom is 0.416 e. The molecule has 1 amide bonds. The largest absolute Gasteiger partial charge is 0.416 e. The normalized spacial score (nSPS) is 11.5. The van der Waals surface area contributed by atoms with Crippen molar-refractivity contribution in [1.29, 1.82) is 0 Å². The number of hydrogen-bond acceptors (Lipinski definition) is 4. The topological polar surface area (TPSA) is 59.8 Å². The zero-order valence-electron chi connectivity index (χ0n) is 14.5. The second-order valence-electron chi connectivity index (χ2n) is 5.63. The average Bonchev–Trinajstić information content (AvgIpc) is 3.09. The minimum absolute atomic E-state index is 0.0591. The van der Waals surface area contributed by atoms with Crippen molar-refractivity contribution in [1.82, 2.24) is 20.1 Å². The first-order valence-electron chi connectivity index (χ1n) is 8.02. The molecule has 146 valence electrons. The Labute approximate surface area is 171 Å². The molecule has 0 spiro atoms. The fourth-order valence-electron chi connectivity index (χ4n) is 2.44. The quantitative estimate of drug-likeness (QED) is 0.555. The van der Waals surface area contributed by atoms with Crippen LogP contribution in [-0.2, 0) is 11.0 Å². The molecule has 1 heterocycles. The zero-order chi connectivity index (χ0) is 20.3. The third-order valence-electron chi connectivity index (χ3n) is 3.79. The van der Waals surface area contributed by atoms with Gasteiger partial charge in [0.05, 0.1) is 17.0 Å². The molecule has 0 saturated heterocycles. The SMILES string of the molecule is CNC(=O)CSc1nnc(-c2ccccc2Br)n1-c1cccc(C(F)(F)F)c1. The van der Waals surface area contributed by atoms with Gasteiger partial charge in [-0.05, 0) is 24.3 Å². The van der Waals surface area contributed by atoms with E-state index in [1.165, 1.54) is 17.7 Å². The van der Waals surface area contributed by atoms with E-state index in [-0.39, 0.29) is 17.3 Å². The van der Waals surface area contributed by atoms with Gasteiger partial charge in [0.25, 0.3) is 0 Å². The highest BCUT2D eigenvalue weighted by Gasteiger charge is 2.31. The molecule has 1 N–H and O–H groups in total. The van der Waals surface area contributed by atoms with Crippen LogP contribution in [0.3, 0.4) is 0 Å². The van der Waals surface area contributed by atoms with Gasteiger partial charge in [-0.15, -0.1) is 10.2 Å². The summed E-state index contributed by atoms with van der Waals surface area (Å²) in [7, 11) is 1.51. The van der Waals surface area contributed by atoms with Crippen LogP contribution >= 0.6 is 27.7 Å². The number of carbonyl (C=O) groups is 1. The smallest absolute Gasteiger partial charge is 0.358 e. The molecule has 3 rings (SSSR count). The van der Waals surface area contributed by atoms with Crippen molar-refractivity contribution in [2.45, 2.75) is 11.3 Å². The Kier molecular flexibility index (Phi) is 6.09. The second-order valence-corrected chi connectivity index (χ2v) is 7.43. The Morgan fingerprint density at radius 1 is 1.18 bits per heavy atom. The predicted molar refractivity (Wildman–Crippen MR) is 104 cm³/mol. The Balaban J connectivity index is 2.15. The van der Waals surface area contributed by atoms with E-state index in [9.17, 15) is 18.0 Å². The van der Waals surface area contributed by atoms with Gasteiger partial charge in [0, 0.05) is 17.1 Å². The lowest BCUT2D eigenvalue weighted by Crippen LogP contribution is -2.20. The van der Waals surface area contributed by atoms with E-state index < -0.39 is 11.7 Å². The van der Waals surface area contributed by atoms with E-state index in [1.807, 2.05) is 6.07 Å². The summed E-state index contributed by atoms with van der Waals surface area (Å²) in [5.74, 6) is 0.195. The van der Waals surface area contributed by atoms with Crippen LogP contribution in [0.5, 0.6) is 0 Å². The minimum Gasteiger partial charge on any atom is -0.358 e. The molecule has 28 heavy (non-hydrogen) atoms. The summed E-state index contributed by atoms with van der Waals surface area (Å²) < 4.78 is 41.8. The molecular weight excluding hydrogens is 457 g/mol. The molecule has 1 aromatic heterocycles. The van der Waals surface area contributed by atoms with E-state index >= 15 is 0 Å². The van der Waals surface area contributed by atoms with Gasteiger partial charge < -0.3 is 5.32 Å². The van der Waals surface area contributed by atoms with E-state index in [0.717, 1.165) is 28.4 Å². The number of alkyl halides is 3. The molecule has 0 aliphatic rings. The van der Waals surface area contributed by atoms with Crippen LogP contribution in [0.4, 0.5) is 13.2 Å². The zero-order valence-corrected chi connectivity index (χ0v) is 16.9. The van der Waals surface area contributed by atoms with Crippen molar-refractivity contribution in [3.63, 3.8) is 0 Å². The number of rotatable bonds is 5. The van der Waals surface area contributed by atoms with E-state index in [4.69, 9.17) is 0 Å². The van der Waals surface area contributed by atoms with Gasteiger partial charge in [-0.1, -0.05) is 52.0 Å². The van der Waals surface area contributed by atoms with Crippen molar-refractivity contribution < 1.29 is 18.0 Å². The Morgan fingerprint density at radius 3 is 2.61 bits per heavy atom. The fourth-order valence-corrected chi connectivity index (χ4v) is 3.72. The Bertz CT molecular complexity index is 1010. The summed E-state index contributed by atoms with van der Waals surface area (Å²) in [6.07, 6.45) is -4.48. The molecule has 5 nitrogen and oxygen atoms in total. The third-order valence-corrected chi connectivity index (χ3v) is 5.41. The van der Waals surface area contributed by atoms with Gasteiger partial charge >= 0.3 is 6.18 Å². The van der Waals surface area contributed by atoms with Gasteiger partial charge in [-0.2, -0.15) is 13.2 Å². The fraction of sp³-hybridized carbons (Fsp3) is 0.167. The van der Waals surface area contributed by atoms with Gasteiger partial charge in [0.2, 0.25) is 5.91 Å². The second kappa shape index (κ2) is 8.36. The summed E-state index contributed by atoms with van der Waals surface area (Å²) in [4.78, 5) is 11.6. The number of benzene rings is 2. The molecule has 0 aliphatic carbocycles. The summed E-state index contributed by atoms with van der Waals surface area (Å²) in [5, 5.41) is 11.1. The molecule has 0 bridgehead atoms. The van der Waals surface area contributed by atoms with Crippen LogP contribution in [0.25, 0.3) is 17.1 Å². The lowest BCUT2D eigenvalue weighted by Gasteiger charge is -2.13. The summed E-state index contributed by atoms with van der Waals surface area (Å²) in [6, 6.07) is 12.1. The monoisotopic (exact) mass is 470 g/mol. The first-order valence-corrected chi connectivity index (χ1v) is 9.80. The minimum atomic E-state index is -4.48. The Morgan fingerprint density at radius 2 is 1.93 bits per heavy atom. The summed E-state index contributed by atoms with van der Waals surface area (Å²) in [5.41, 5.74) is 0.142. The molecule has 0 fully saturated rings. The van der Waals surface area contributed by atoms with Crippen LogP contribution in [0.2, 0.25) is 0 Å². The maximum absolute atomic E-state index is 13.2. The molecule has 0 aliphatic heterocycles. The van der Waals surface area contributed by atoms with Crippen LogP contribution in [0.1, 0.15) is 5.56 Å². The first-order chi connectivity index (χ1) is 13.3. The Hall–Kier alpha value is -2.33. The number of amides is 1. The van der Waals surface area contributed by atoms with E-state index in [0.29, 0.717) is 16.5 Å². The molecular formula is C18H14BrF3N4OS. The summed E-state index contributed by atoms with van der Waals surface area (Å²) >= 11 is 4.53. The van der Waals surface area contributed by atoms with E-state index in [2.05, 4.69) is 31.4 Å². The standard InChI is InChI=1S/C18H14BrF3N4OS/c1-23-15(27)10-28-17-25-24-16(13-7-2-3-8-14(13)19)26(17)12-6-4-5-11(9-12)18(20,21)22/h2-9H,10H2,1H3,(H,23,27). The van der Waals surface area contributed by atoms with Crippen molar-refractivity contribution in [2.24, 2.45) is 0 Å². The number of aromatic nitrogens is 3. The van der Waals surface area contributed by atoms with Crippen LogP contribution in [-0.4, -0.2) is 33.5 Å². The van der Waals surface area contributed by atoms with E-state index in [1.54, 1.807) is 24.3 Å². The highest BCUT2D eigenvalue weighted by atomic mass is 79.9. The van der Waals surface area contributed by atoms with Crippen molar-refractivity contribution in [3.05, 3.63) is 58.6 Å². The number of hydrogen-bond donors (Lipinski definition) is 1. The molecule has 0 atom stereocenters. The first kappa shape index (κ1) is 20.4. The number of nitrogens with zero attached hydrogens (tertiary/aromatic N) is 3. The molecule has 10 heteroatoms. The van der Waals surface area contributed by atoms with Crippen molar-refractivity contribution >= 4 is 33.6 Å². The maximum atomic E-state index is 13.2. The van der Waals surface area contributed by atoms with Crippen molar-refractivity contribution in [2.75, 3.05) is 12.8 Å². The number of carbonyl (C=O) groups excluding carboxylic acids is 1. The highest BCUT2D eigenvalue weighted by molar-refractivity contribution is 9.10. The lowest BCUT2D eigenvalue weighted by atomic mass is 10.1. The molecule has 3 aromatic rings.